The summed E-state index contributed by atoms with van der Waals surface area (Å²) in [6, 6.07) is -0.284. The maximum Gasteiger partial charge on any atom is 0.323 e. The van der Waals surface area contributed by atoms with E-state index in [0.717, 1.165) is 12.3 Å². The summed E-state index contributed by atoms with van der Waals surface area (Å²) in [5.41, 5.74) is -0.490. The standard InChI is InChI=1S/C14H26N2O3/c1-14(2,3)16(10-12(17)18)13(19)15-9-8-11-6-4-5-7-11/h11H,4-10H2,1-3H3,(H,15,19)(H,17,18). The third kappa shape index (κ3) is 5.49. The Bertz CT molecular complexity index is 317. The fraction of sp³-hybridized carbons (Fsp3) is 0.857. The van der Waals surface area contributed by atoms with Crippen molar-refractivity contribution in [3.05, 3.63) is 0 Å². The van der Waals surface area contributed by atoms with Gasteiger partial charge < -0.3 is 15.3 Å². The van der Waals surface area contributed by atoms with Crippen molar-refractivity contribution in [2.45, 2.75) is 58.4 Å². The van der Waals surface area contributed by atoms with Crippen LogP contribution in [-0.4, -0.2) is 40.6 Å². The van der Waals surface area contributed by atoms with Crippen molar-refractivity contribution < 1.29 is 14.7 Å². The molecule has 0 spiro atoms. The normalized spacial score (nSPS) is 16.4. The van der Waals surface area contributed by atoms with Gasteiger partial charge in [0.25, 0.3) is 0 Å². The number of hydrogen-bond donors (Lipinski definition) is 2. The Morgan fingerprint density at radius 2 is 1.84 bits per heavy atom. The van der Waals surface area contributed by atoms with Gasteiger partial charge in [0.15, 0.2) is 0 Å². The quantitative estimate of drug-likeness (QED) is 0.806. The SMILES string of the molecule is CC(C)(C)N(CC(=O)O)C(=O)NCCC1CCCC1. The summed E-state index contributed by atoms with van der Waals surface area (Å²) in [6.45, 7) is 5.89. The van der Waals surface area contributed by atoms with Crippen LogP contribution in [0.1, 0.15) is 52.9 Å². The van der Waals surface area contributed by atoms with Crippen molar-refractivity contribution in [3.63, 3.8) is 0 Å². The number of amides is 2. The van der Waals surface area contributed by atoms with Gasteiger partial charge in [0.2, 0.25) is 0 Å². The third-order valence-electron chi connectivity index (χ3n) is 3.65. The molecule has 1 aliphatic rings. The van der Waals surface area contributed by atoms with E-state index in [2.05, 4.69) is 5.32 Å². The van der Waals surface area contributed by atoms with Gasteiger partial charge in [-0.2, -0.15) is 0 Å². The summed E-state index contributed by atoms with van der Waals surface area (Å²) in [6.07, 6.45) is 6.11. The largest absolute Gasteiger partial charge is 0.480 e. The van der Waals surface area contributed by atoms with Crippen LogP contribution in [0.15, 0.2) is 0 Å². The van der Waals surface area contributed by atoms with Gasteiger partial charge in [-0.1, -0.05) is 25.7 Å². The molecule has 0 heterocycles. The smallest absolute Gasteiger partial charge is 0.323 e. The number of nitrogens with one attached hydrogen (secondary N) is 1. The molecule has 110 valence electrons. The Kier molecular flexibility index (Phi) is 5.63. The maximum absolute atomic E-state index is 12.1. The van der Waals surface area contributed by atoms with E-state index in [-0.39, 0.29) is 12.6 Å². The second kappa shape index (κ2) is 6.78. The lowest BCUT2D eigenvalue weighted by Gasteiger charge is -2.34. The van der Waals surface area contributed by atoms with Crippen molar-refractivity contribution in [2.24, 2.45) is 5.92 Å². The summed E-state index contributed by atoms with van der Waals surface area (Å²) < 4.78 is 0. The number of carboxylic acids is 1. The van der Waals surface area contributed by atoms with E-state index >= 15 is 0 Å². The first-order valence-corrected chi connectivity index (χ1v) is 7.08. The van der Waals surface area contributed by atoms with Crippen LogP contribution >= 0.6 is 0 Å². The predicted molar refractivity (Wildman–Crippen MR) is 74.1 cm³/mol. The number of hydrogen-bond acceptors (Lipinski definition) is 2. The first-order valence-electron chi connectivity index (χ1n) is 7.08. The molecular weight excluding hydrogens is 244 g/mol. The first kappa shape index (κ1) is 15.8. The van der Waals surface area contributed by atoms with Crippen LogP contribution in [0.25, 0.3) is 0 Å². The van der Waals surface area contributed by atoms with Crippen LogP contribution in [0.4, 0.5) is 4.79 Å². The highest BCUT2D eigenvalue weighted by Crippen LogP contribution is 2.26. The van der Waals surface area contributed by atoms with Crippen molar-refractivity contribution in [3.8, 4) is 0 Å². The molecule has 5 heteroatoms. The Morgan fingerprint density at radius 1 is 1.26 bits per heavy atom. The van der Waals surface area contributed by atoms with E-state index in [4.69, 9.17) is 5.11 Å². The number of carbonyl (C=O) groups excluding carboxylic acids is 1. The van der Waals surface area contributed by atoms with E-state index in [1.165, 1.54) is 30.6 Å². The van der Waals surface area contributed by atoms with E-state index in [1.54, 1.807) is 0 Å². The lowest BCUT2D eigenvalue weighted by Crippen LogP contribution is -2.52. The molecule has 0 aromatic heterocycles. The fourth-order valence-electron chi connectivity index (χ4n) is 2.53. The average Bonchev–Trinajstić information content (AvgIpc) is 2.77. The molecule has 1 saturated carbocycles. The Morgan fingerprint density at radius 3 is 2.32 bits per heavy atom. The minimum atomic E-state index is -0.985. The Balaban J connectivity index is 2.40. The molecule has 0 aromatic rings. The van der Waals surface area contributed by atoms with Gasteiger partial charge >= 0.3 is 12.0 Å². The van der Waals surface area contributed by atoms with Gasteiger partial charge in [-0.3, -0.25) is 4.79 Å². The summed E-state index contributed by atoms with van der Waals surface area (Å²) in [5, 5.41) is 11.7. The molecule has 2 amide bonds. The second-order valence-corrected chi connectivity index (χ2v) is 6.32. The third-order valence-corrected chi connectivity index (χ3v) is 3.65. The van der Waals surface area contributed by atoms with E-state index < -0.39 is 11.5 Å². The zero-order valence-corrected chi connectivity index (χ0v) is 12.2. The van der Waals surface area contributed by atoms with Gasteiger partial charge in [-0.25, -0.2) is 4.79 Å². The summed E-state index contributed by atoms with van der Waals surface area (Å²) in [7, 11) is 0. The summed E-state index contributed by atoms with van der Waals surface area (Å²) >= 11 is 0. The lowest BCUT2D eigenvalue weighted by atomic mass is 10.0. The highest BCUT2D eigenvalue weighted by atomic mass is 16.4. The highest BCUT2D eigenvalue weighted by Gasteiger charge is 2.28. The van der Waals surface area contributed by atoms with Gasteiger partial charge in [-0.05, 0) is 33.1 Å². The molecule has 1 rings (SSSR count). The number of carbonyl (C=O) groups is 2. The zero-order chi connectivity index (χ0) is 14.5. The van der Waals surface area contributed by atoms with Crippen LogP contribution in [0.3, 0.4) is 0 Å². The second-order valence-electron chi connectivity index (χ2n) is 6.32. The zero-order valence-electron chi connectivity index (χ0n) is 12.2. The van der Waals surface area contributed by atoms with Crippen molar-refractivity contribution in [2.75, 3.05) is 13.1 Å². The summed E-state index contributed by atoms with van der Waals surface area (Å²) in [5.74, 6) is -0.260. The van der Waals surface area contributed by atoms with Crippen molar-refractivity contribution in [1.29, 1.82) is 0 Å². The molecule has 0 unspecified atom stereocenters. The minimum absolute atomic E-state index is 0.265. The highest BCUT2D eigenvalue weighted by molar-refractivity contribution is 5.80. The van der Waals surface area contributed by atoms with Crippen LogP contribution < -0.4 is 5.32 Å². The number of carboxylic acid groups (broad SMARTS) is 1. The number of urea groups is 1. The van der Waals surface area contributed by atoms with Crippen LogP contribution in [0.5, 0.6) is 0 Å². The number of aliphatic carboxylic acids is 1. The van der Waals surface area contributed by atoms with Crippen LogP contribution in [0.2, 0.25) is 0 Å². The van der Waals surface area contributed by atoms with E-state index in [1.807, 2.05) is 20.8 Å². The molecule has 0 aliphatic heterocycles. The predicted octanol–water partition coefficient (Wildman–Crippen LogP) is 2.46. The van der Waals surface area contributed by atoms with Gasteiger partial charge in [-0.15, -0.1) is 0 Å². The number of rotatable bonds is 5. The van der Waals surface area contributed by atoms with E-state index in [0.29, 0.717) is 6.54 Å². The molecule has 1 fully saturated rings. The fourth-order valence-corrected chi connectivity index (χ4v) is 2.53. The first-order chi connectivity index (χ1) is 8.80. The molecule has 2 N–H and O–H groups in total. The molecule has 0 saturated heterocycles. The monoisotopic (exact) mass is 270 g/mol. The van der Waals surface area contributed by atoms with Crippen molar-refractivity contribution in [1.82, 2.24) is 10.2 Å². The molecule has 19 heavy (non-hydrogen) atoms. The summed E-state index contributed by atoms with van der Waals surface area (Å²) in [4.78, 5) is 24.2. The lowest BCUT2D eigenvalue weighted by molar-refractivity contribution is -0.138. The molecule has 5 nitrogen and oxygen atoms in total. The molecule has 1 aliphatic carbocycles. The molecular formula is C14H26N2O3. The minimum Gasteiger partial charge on any atom is -0.480 e. The van der Waals surface area contributed by atoms with Crippen molar-refractivity contribution >= 4 is 12.0 Å². The Labute approximate surface area is 115 Å². The van der Waals surface area contributed by atoms with Crippen LogP contribution in [0, 0.1) is 5.92 Å². The maximum atomic E-state index is 12.1. The van der Waals surface area contributed by atoms with Gasteiger partial charge in [0.1, 0.15) is 6.54 Å². The topological polar surface area (TPSA) is 69.6 Å². The average molecular weight is 270 g/mol. The molecule has 0 atom stereocenters. The Hall–Kier alpha value is -1.26. The van der Waals surface area contributed by atoms with Crippen LogP contribution in [-0.2, 0) is 4.79 Å². The van der Waals surface area contributed by atoms with Gasteiger partial charge in [0.05, 0.1) is 0 Å². The van der Waals surface area contributed by atoms with Gasteiger partial charge in [0, 0.05) is 12.1 Å². The molecule has 0 radical (unpaired) electrons. The molecule has 0 aromatic carbocycles. The van der Waals surface area contributed by atoms with E-state index in [9.17, 15) is 9.59 Å². The number of nitrogens with zero attached hydrogens (tertiary/aromatic N) is 1. The molecule has 0 bridgehead atoms.